The summed E-state index contributed by atoms with van der Waals surface area (Å²) in [6, 6.07) is 0. The third-order valence-corrected chi connectivity index (χ3v) is 2.72. The minimum Gasteiger partial charge on any atom is -0.479 e. The number of aliphatic hydroxyl groups is 1. The SMILES string of the molecule is Cc1nn(C)c(C)c1C(=O)NCCC(O)C(=O)O. The van der Waals surface area contributed by atoms with Gasteiger partial charge in [0, 0.05) is 25.7 Å². The normalized spacial score (nSPS) is 12.2. The number of aliphatic hydroxyl groups excluding tert-OH is 1. The van der Waals surface area contributed by atoms with E-state index in [-0.39, 0.29) is 18.9 Å². The smallest absolute Gasteiger partial charge is 0.332 e. The van der Waals surface area contributed by atoms with Crippen molar-refractivity contribution in [3.63, 3.8) is 0 Å². The van der Waals surface area contributed by atoms with E-state index in [9.17, 15) is 9.59 Å². The Kier molecular flexibility index (Phi) is 4.43. The molecule has 1 unspecified atom stereocenters. The van der Waals surface area contributed by atoms with Crippen LogP contribution in [0.1, 0.15) is 28.2 Å². The number of rotatable bonds is 5. The first-order valence-corrected chi connectivity index (χ1v) is 5.53. The van der Waals surface area contributed by atoms with Crippen molar-refractivity contribution in [3.8, 4) is 0 Å². The van der Waals surface area contributed by atoms with Crippen LogP contribution in [0, 0.1) is 13.8 Å². The first-order valence-electron chi connectivity index (χ1n) is 5.53. The van der Waals surface area contributed by atoms with Crippen molar-refractivity contribution in [1.29, 1.82) is 0 Å². The van der Waals surface area contributed by atoms with Crippen LogP contribution >= 0.6 is 0 Å². The van der Waals surface area contributed by atoms with E-state index in [0.29, 0.717) is 11.3 Å². The Bertz CT molecular complexity index is 467. The number of aryl methyl sites for hydroxylation is 2. The molecule has 1 aromatic rings. The molecule has 0 aliphatic carbocycles. The first kappa shape index (κ1) is 14.2. The number of aromatic nitrogens is 2. The molecule has 1 heterocycles. The van der Waals surface area contributed by atoms with E-state index in [1.54, 1.807) is 25.6 Å². The molecular formula is C11H17N3O4. The number of hydrogen-bond donors (Lipinski definition) is 3. The zero-order chi connectivity index (χ0) is 13.9. The molecule has 1 amide bonds. The van der Waals surface area contributed by atoms with Gasteiger partial charge in [-0.1, -0.05) is 0 Å². The quantitative estimate of drug-likeness (QED) is 0.664. The standard InChI is InChI=1S/C11H17N3O4/c1-6-9(7(2)14(3)13-6)10(16)12-5-4-8(15)11(17)18/h8,15H,4-5H2,1-3H3,(H,12,16)(H,17,18). The molecule has 7 heteroatoms. The minimum atomic E-state index is -1.46. The number of nitrogens with zero attached hydrogens (tertiary/aromatic N) is 2. The van der Waals surface area contributed by atoms with Crippen molar-refractivity contribution in [2.24, 2.45) is 7.05 Å². The summed E-state index contributed by atoms with van der Waals surface area (Å²) < 4.78 is 1.61. The summed E-state index contributed by atoms with van der Waals surface area (Å²) in [7, 11) is 1.74. The van der Waals surface area contributed by atoms with Gasteiger partial charge in [-0.25, -0.2) is 4.79 Å². The molecule has 1 aromatic heterocycles. The van der Waals surface area contributed by atoms with E-state index < -0.39 is 12.1 Å². The lowest BCUT2D eigenvalue weighted by Crippen LogP contribution is -2.30. The van der Waals surface area contributed by atoms with E-state index in [4.69, 9.17) is 10.2 Å². The molecule has 100 valence electrons. The van der Waals surface area contributed by atoms with Crippen molar-refractivity contribution < 1.29 is 19.8 Å². The molecule has 1 rings (SSSR count). The lowest BCUT2D eigenvalue weighted by molar-refractivity contribution is -0.146. The summed E-state index contributed by atoms with van der Waals surface area (Å²) in [5.41, 5.74) is 1.84. The van der Waals surface area contributed by atoms with Gasteiger partial charge in [0.2, 0.25) is 0 Å². The number of carbonyl (C=O) groups excluding carboxylic acids is 1. The molecule has 0 saturated heterocycles. The maximum Gasteiger partial charge on any atom is 0.332 e. The molecule has 0 spiro atoms. The van der Waals surface area contributed by atoms with Crippen LogP contribution in [-0.2, 0) is 11.8 Å². The van der Waals surface area contributed by atoms with Gasteiger partial charge in [-0.05, 0) is 13.8 Å². The molecule has 0 aromatic carbocycles. The average Bonchev–Trinajstić information content (AvgIpc) is 2.52. The van der Waals surface area contributed by atoms with Crippen LogP contribution < -0.4 is 5.32 Å². The Labute approximate surface area is 104 Å². The second kappa shape index (κ2) is 5.63. The summed E-state index contributed by atoms with van der Waals surface area (Å²) in [5, 5.41) is 24.2. The summed E-state index contributed by atoms with van der Waals surface area (Å²) in [6.07, 6.45) is -1.49. The number of amides is 1. The lowest BCUT2D eigenvalue weighted by Gasteiger charge is -2.07. The van der Waals surface area contributed by atoms with Crippen LogP contribution in [0.15, 0.2) is 0 Å². The Hall–Kier alpha value is -1.89. The van der Waals surface area contributed by atoms with Crippen molar-refractivity contribution >= 4 is 11.9 Å². The highest BCUT2D eigenvalue weighted by atomic mass is 16.4. The highest BCUT2D eigenvalue weighted by molar-refractivity contribution is 5.96. The number of carboxylic acid groups (broad SMARTS) is 1. The summed E-state index contributed by atoms with van der Waals surface area (Å²) >= 11 is 0. The molecule has 0 aliphatic rings. The van der Waals surface area contributed by atoms with Crippen LogP contribution in [0.4, 0.5) is 0 Å². The van der Waals surface area contributed by atoms with Crippen molar-refractivity contribution in [1.82, 2.24) is 15.1 Å². The molecule has 0 bridgehead atoms. The van der Waals surface area contributed by atoms with Crippen LogP contribution in [0.3, 0.4) is 0 Å². The van der Waals surface area contributed by atoms with Gasteiger partial charge < -0.3 is 15.5 Å². The Morgan fingerprint density at radius 2 is 2.06 bits per heavy atom. The highest BCUT2D eigenvalue weighted by Gasteiger charge is 2.18. The third-order valence-electron chi connectivity index (χ3n) is 2.72. The van der Waals surface area contributed by atoms with Crippen molar-refractivity contribution in [2.75, 3.05) is 6.54 Å². The molecule has 7 nitrogen and oxygen atoms in total. The van der Waals surface area contributed by atoms with Crippen LogP contribution in [0.5, 0.6) is 0 Å². The predicted molar refractivity (Wildman–Crippen MR) is 63.3 cm³/mol. The predicted octanol–water partition coefficient (Wildman–Crippen LogP) is -0.398. The molecular weight excluding hydrogens is 238 g/mol. The van der Waals surface area contributed by atoms with E-state index in [2.05, 4.69) is 10.4 Å². The lowest BCUT2D eigenvalue weighted by atomic mass is 10.2. The average molecular weight is 255 g/mol. The number of aliphatic carboxylic acids is 1. The van der Waals surface area contributed by atoms with Gasteiger partial charge in [-0.2, -0.15) is 5.10 Å². The molecule has 18 heavy (non-hydrogen) atoms. The molecule has 0 radical (unpaired) electrons. The molecule has 0 saturated carbocycles. The summed E-state index contributed by atoms with van der Waals surface area (Å²) in [4.78, 5) is 22.2. The summed E-state index contributed by atoms with van der Waals surface area (Å²) in [6.45, 7) is 3.61. The Morgan fingerprint density at radius 3 is 2.50 bits per heavy atom. The van der Waals surface area contributed by atoms with E-state index >= 15 is 0 Å². The van der Waals surface area contributed by atoms with Gasteiger partial charge in [0.1, 0.15) is 0 Å². The van der Waals surface area contributed by atoms with Crippen molar-refractivity contribution in [2.45, 2.75) is 26.4 Å². The maximum absolute atomic E-state index is 11.9. The van der Waals surface area contributed by atoms with Gasteiger partial charge in [-0.3, -0.25) is 9.48 Å². The van der Waals surface area contributed by atoms with Crippen LogP contribution in [0.2, 0.25) is 0 Å². The monoisotopic (exact) mass is 255 g/mol. The van der Waals surface area contributed by atoms with Gasteiger partial charge >= 0.3 is 5.97 Å². The number of carboxylic acids is 1. The minimum absolute atomic E-state index is 0.0283. The van der Waals surface area contributed by atoms with Crippen LogP contribution in [-0.4, -0.2) is 44.5 Å². The number of carbonyl (C=O) groups is 2. The third kappa shape index (κ3) is 3.07. The first-order chi connectivity index (χ1) is 8.34. The molecule has 0 fully saturated rings. The van der Waals surface area contributed by atoms with Gasteiger partial charge in [0.15, 0.2) is 6.10 Å². The maximum atomic E-state index is 11.9. The van der Waals surface area contributed by atoms with Gasteiger partial charge in [0.25, 0.3) is 5.91 Å². The van der Waals surface area contributed by atoms with E-state index in [1.165, 1.54) is 0 Å². The fourth-order valence-electron chi connectivity index (χ4n) is 1.64. The fourth-order valence-corrected chi connectivity index (χ4v) is 1.64. The van der Waals surface area contributed by atoms with Gasteiger partial charge in [0.05, 0.1) is 11.3 Å². The second-order valence-electron chi connectivity index (χ2n) is 4.07. The number of nitrogens with one attached hydrogen (secondary N) is 1. The number of hydrogen-bond acceptors (Lipinski definition) is 4. The largest absolute Gasteiger partial charge is 0.479 e. The van der Waals surface area contributed by atoms with E-state index in [1.807, 2.05) is 0 Å². The highest BCUT2D eigenvalue weighted by Crippen LogP contribution is 2.11. The topological polar surface area (TPSA) is 104 Å². The van der Waals surface area contributed by atoms with Crippen molar-refractivity contribution in [3.05, 3.63) is 17.0 Å². The summed E-state index contributed by atoms with van der Waals surface area (Å²) in [5.74, 6) is -1.60. The zero-order valence-electron chi connectivity index (χ0n) is 10.6. The fraction of sp³-hybridized carbons (Fsp3) is 0.545. The Balaban J connectivity index is 2.59. The van der Waals surface area contributed by atoms with Gasteiger partial charge in [-0.15, -0.1) is 0 Å². The van der Waals surface area contributed by atoms with Crippen LogP contribution in [0.25, 0.3) is 0 Å². The molecule has 1 atom stereocenters. The Morgan fingerprint density at radius 1 is 1.44 bits per heavy atom. The van der Waals surface area contributed by atoms with E-state index in [0.717, 1.165) is 5.69 Å². The zero-order valence-corrected chi connectivity index (χ0v) is 10.6. The second-order valence-corrected chi connectivity index (χ2v) is 4.07. The molecule has 3 N–H and O–H groups in total. The molecule has 0 aliphatic heterocycles.